The third kappa shape index (κ3) is 1.74. The van der Waals surface area contributed by atoms with Gasteiger partial charge in [0.1, 0.15) is 11.8 Å². The first-order valence-electron chi connectivity index (χ1n) is 4.19. The van der Waals surface area contributed by atoms with Crippen LogP contribution in [0, 0.1) is 25.2 Å². The number of aryl methyl sites for hydroxylation is 2. The van der Waals surface area contributed by atoms with Crippen LogP contribution < -0.4 is 4.74 Å². The Bertz CT molecular complexity index is 416. The van der Waals surface area contributed by atoms with Crippen molar-refractivity contribution < 1.29 is 9.53 Å². The first-order chi connectivity index (χ1) is 6.60. The van der Waals surface area contributed by atoms with E-state index >= 15 is 0 Å². The maximum Gasteiger partial charge on any atom is 0.262 e. The lowest BCUT2D eigenvalue weighted by Crippen LogP contribution is -2.00. The molecule has 0 radical (unpaired) electrons. The summed E-state index contributed by atoms with van der Waals surface area (Å²) in [6.07, 6.45) is 0. The van der Waals surface area contributed by atoms with E-state index in [-0.39, 0.29) is 0 Å². The van der Waals surface area contributed by atoms with Gasteiger partial charge in [-0.2, -0.15) is 5.26 Å². The van der Waals surface area contributed by atoms with E-state index in [1.54, 1.807) is 32.2 Å². The number of Topliss-reactive ketones (excluding diaryl/α,β-unsaturated/α-hetero) is 1. The van der Waals surface area contributed by atoms with E-state index in [0.717, 1.165) is 16.9 Å². The third-order valence-electron chi connectivity index (χ3n) is 2.09. The molecule has 0 amide bonds. The van der Waals surface area contributed by atoms with Crippen LogP contribution in [-0.4, -0.2) is 12.9 Å². The predicted molar refractivity (Wildman–Crippen MR) is 52.4 cm³/mol. The van der Waals surface area contributed by atoms with Crippen molar-refractivity contribution in [2.75, 3.05) is 7.11 Å². The maximum absolute atomic E-state index is 11.2. The van der Waals surface area contributed by atoms with Gasteiger partial charge >= 0.3 is 0 Å². The minimum absolute atomic E-state index is 0.450. The number of nitrogens with zero attached hydrogens (tertiary/aromatic N) is 1. The molecule has 0 aromatic heterocycles. The highest BCUT2D eigenvalue weighted by molar-refractivity contribution is 6.08. The Morgan fingerprint density at radius 1 is 1.36 bits per heavy atom. The molecule has 0 bridgehead atoms. The van der Waals surface area contributed by atoms with Gasteiger partial charge in [-0.1, -0.05) is 0 Å². The number of ketones is 1. The molecule has 3 nitrogen and oxygen atoms in total. The van der Waals surface area contributed by atoms with Gasteiger partial charge in [0, 0.05) is 5.56 Å². The lowest BCUT2D eigenvalue weighted by atomic mass is 10.0. The smallest absolute Gasteiger partial charge is 0.262 e. The number of carbonyl (C=O) groups is 1. The summed E-state index contributed by atoms with van der Waals surface area (Å²) in [6.45, 7) is 3.62. The number of carbonyl (C=O) groups excluding carboxylic acids is 1. The van der Waals surface area contributed by atoms with Crippen molar-refractivity contribution in [3.05, 3.63) is 28.8 Å². The van der Waals surface area contributed by atoms with Crippen LogP contribution in [0.15, 0.2) is 12.1 Å². The quantitative estimate of drug-likeness (QED) is 0.528. The van der Waals surface area contributed by atoms with Crippen molar-refractivity contribution in [3.63, 3.8) is 0 Å². The zero-order valence-corrected chi connectivity index (χ0v) is 8.42. The minimum Gasteiger partial charge on any atom is -0.496 e. The van der Waals surface area contributed by atoms with Crippen molar-refractivity contribution in [3.8, 4) is 11.8 Å². The molecule has 0 fully saturated rings. The number of methoxy groups -OCH3 is 1. The van der Waals surface area contributed by atoms with Gasteiger partial charge in [-0.25, -0.2) is 0 Å². The van der Waals surface area contributed by atoms with Crippen LogP contribution in [0.5, 0.6) is 5.75 Å². The van der Waals surface area contributed by atoms with Crippen LogP contribution in [0.2, 0.25) is 0 Å². The first kappa shape index (κ1) is 10.3. The van der Waals surface area contributed by atoms with Gasteiger partial charge in [0.2, 0.25) is 0 Å². The highest BCUT2D eigenvalue weighted by Gasteiger charge is 2.10. The van der Waals surface area contributed by atoms with Crippen LogP contribution in [0.1, 0.15) is 21.5 Å². The Kier molecular flexibility index (Phi) is 2.88. The summed E-state index contributed by atoms with van der Waals surface area (Å²) < 4.78 is 5.10. The van der Waals surface area contributed by atoms with Crippen molar-refractivity contribution in [1.29, 1.82) is 5.26 Å². The topological polar surface area (TPSA) is 50.1 Å². The molecular formula is C11H11NO2. The Morgan fingerprint density at radius 2 is 2.00 bits per heavy atom. The van der Waals surface area contributed by atoms with Crippen molar-refractivity contribution in [2.45, 2.75) is 13.8 Å². The zero-order valence-electron chi connectivity index (χ0n) is 8.42. The Morgan fingerprint density at radius 3 is 2.50 bits per heavy atom. The molecule has 0 saturated heterocycles. The summed E-state index contributed by atoms with van der Waals surface area (Å²) in [5.41, 5.74) is 2.07. The molecule has 0 aliphatic rings. The van der Waals surface area contributed by atoms with E-state index in [9.17, 15) is 4.79 Å². The fourth-order valence-corrected chi connectivity index (χ4v) is 1.31. The van der Waals surface area contributed by atoms with E-state index in [4.69, 9.17) is 10.00 Å². The molecule has 1 aromatic rings. The molecular weight excluding hydrogens is 178 g/mol. The second-order valence-electron chi connectivity index (χ2n) is 3.08. The molecule has 0 N–H and O–H groups in total. The molecule has 1 aromatic carbocycles. The monoisotopic (exact) mass is 189 g/mol. The molecule has 3 heteroatoms. The normalized spacial score (nSPS) is 9.29. The van der Waals surface area contributed by atoms with Gasteiger partial charge in [0.15, 0.2) is 0 Å². The molecule has 0 spiro atoms. The Labute approximate surface area is 82.9 Å². The molecule has 0 atom stereocenters. The lowest BCUT2D eigenvalue weighted by molar-refractivity contribution is 0.105. The molecule has 0 aliphatic carbocycles. The van der Waals surface area contributed by atoms with Crippen LogP contribution in [0.25, 0.3) is 0 Å². The number of rotatable bonds is 2. The van der Waals surface area contributed by atoms with Gasteiger partial charge in [-0.15, -0.1) is 0 Å². The Hall–Kier alpha value is -1.82. The largest absolute Gasteiger partial charge is 0.496 e. The van der Waals surface area contributed by atoms with Gasteiger partial charge in [0.05, 0.1) is 7.11 Å². The van der Waals surface area contributed by atoms with Crippen LogP contribution in [0.4, 0.5) is 0 Å². The number of benzene rings is 1. The van der Waals surface area contributed by atoms with Crippen molar-refractivity contribution in [1.82, 2.24) is 0 Å². The van der Waals surface area contributed by atoms with Gasteiger partial charge in [0.25, 0.3) is 5.78 Å². The van der Waals surface area contributed by atoms with Crippen LogP contribution >= 0.6 is 0 Å². The summed E-state index contributed by atoms with van der Waals surface area (Å²) in [7, 11) is 1.58. The molecule has 0 heterocycles. The lowest BCUT2D eigenvalue weighted by Gasteiger charge is -2.07. The highest BCUT2D eigenvalue weighted by atomic mass is 16.5. The molecule has 1 rings (SSSR count). The van der Waals surface area contributed by atoms with Crippen molar-refractivity contribution >= 4 is 5.78 Å². The zero-order chi connectivity index (χ0) is 10.7. The molecule has 0 unspecified atom stereocenters. The molecule has 0 saturated carbocycles. The van der Waals surface area contributed by atoms with E-state index in [1.165, 1.54) is 0 Å². The minimum atomic E-state index is -0.506. The van der Waals surface area contributed by atoms with E-state index in [2.05, 4.69) is 0 Å². The molecule has 0 aliphatic heterocycles. The number of hydrogen-bond donors (Lipinski definition) is 0. The second-order valence-corrected chi connectivity index (χ2v) is 3.08. The van der Waals surface area contributed by atoms with Crippen molar-refractivity contribution in [2.24, 2.45) is 0 Å². The maximum atomic E-state index is 11.2. The summed E-state index contributed by atoms with van der Waals surface area (Å²) in [5, 5.41) is 8.50. The standard InChI is InChI=1S/C11H11NO2/c1-7-5-11(14-3)8(2)4-9(7)10(13)6-12/h4-5H,1-3H3. The summed E-state index contributed by atoms with van der Waals surface area (Å²) >= 11 is 0. The molecule has 14 heavy (non-hydrogen) atoms. The van der Waals surface area contributed by atoms with E-state index < -0.39 is 5.78 Å². The van der Waals surface area contributed by atoms with Gasteiger partial charge in [-0.05, 0) is 37.1 Å². The number of ether oxygens (including phenoxy) is 1. The van der Waals surface area contributed by atoms with Crippen LogP contribution in [0.3, 0.4) is 0 Å². The fourth-order valence-electron chi connectivity index (χ4n) is 1.31. The van der Waals surface area contributed by atoms with Gasteiger partial charge in [-0.3, -0.25) is 4.79 Å². The summed E-state index contributed by atoms with van der Waals surface area (Å²) in [4.78, 5) is 11.2. The SMILES string of the molecule is COc1cc(C)c(C(=O)C#N)cc1C. The number of hydrogen-bond acceptors (Lipinski definition) is 3. The second kappa shape index (κ2) is 3.93. The third-order valence-corrected chi connectivity index (χ3v) is 2.09. The summed E-state index contributed by atoms with van der Waals surface area (Å²) in [6, 6.07) is 5.05. The van der Waals surface area contributed by atoms with E-state index in [1.807, 2.05) is 6.92 Å². The van der Waals surface area contributed by atoms with E-state index in [0.29, 0.717) is 5.56 Å². The molecule has 72 valence electrons. The first-order valence-corrected chi connectivity index (χ1v) is 4.19. The van der Waals surface area contributed by atoms with Gasteiger partial charge < -0.3 is 4.74 Å². The average Bonchev–Trinajstić information content (AvgIpc) is 2.19. The predicted octanol–water partition coefficient (Wildman–Crippen LogP) is 2.02. The highest BCUT2D eigenvalue weighted by Crippen LogP contribution is 2.22. The fraction of sp³-hybridized carbons (Fsp3) is 0.273. The average molecular weight is 189 g/mol. The van der Waals surface area contributed by atoms with Crippen LogP contribution in [-0.2, 0) is 0 Å². The summed E-state index contributed by atoms with van der Waals surface area (Å²) in [5.74, 6) is 0.227. The number of nitriles is 1. The Balaban J connectivity index is 3.30.